The molecule has 132 valence electrons. The maximum absolute atomic E-state index is 12.3. The Morgan fingerprint density at radius 3 is 2.84 bits per heavy atom. The van der Waals surface area contributed by atoms with Gasteiger partial charge < -0.3 is 4.42 Å². The number of likely N-dealkylation sites (N-methyl/N-ethyl adjacent to an activating group) is 1. The molecule has 0 radical (unpaired) electrons. The van der Waals surface area contributed by atoms with E-state index in [-0.39, 0.29) is 18.3 Å². The third-order valence-corrected chi connectivity index (χ3v) is 4.94. The van der Waals surface area contributed by atoms with Gasteiger partial charge in [0, 0.05) is 11.4 Å². The SMILES string of the molecule is Cc1n[nH]c(=O)c2c(NC(=O)CN(C)Cc3ccc(Cl)s3)oc(C)c12. The van der Waals surface area contributed by atoms with E-state index < -0.39 is 5.56 Å². The zero-order valence-corrected chi connectivity index (χ0v) is 15.5. The quantitative estimate of drug-likeness (QED) is 0.710. The Hall–Kier alpha value is -2.16. The van der Waals surface area contributed by atoms with Crippen molar-refractivity contribution < 1.29 is 9.21 Å². The standard InChI is InChI=1S/C16H17ClN4O3S/c1-8-13-9(2)24-16(14(13)15(23)20-19-8)18-12(22)7-21(3)6-10-4-5-11(17)25-10/h4-5H,6-7H2,1-3H3,(H,18,22)(H,20,23). The fraction of sp³-hybridized carbons (Fsp3) is 0.312. The summed E-state index contributed by atoms with van der Waals surface area (Å²) in [6.45, 7) is 4.26. The number of aryl methyl sites for hydroxylation is 2. The molecule has 0 spiro atoms. The Bertz CT molecular complexity index is 991. The molecule has 0 aliphatic rings. The van der Waals surface area contributed by atoms with E-state index >= 15 is 0 Å². The molecular weight excluding hydrogens is 364 g/mol. The number of fused-ring (bicyclic) bond motifs is 1. The number of nitrogens with zero attached hydrogens (tertiary/aromatic N) is 2. The van der Waals surface area contributed by atoms with Gasteiger partial charge in [-0.3, -0.25) is 19.8 Å². The van der Waals surface area contributed by atoms with Crippen LogP contribution in [0.25, 0.3) is 10.8 Å². The summed E-state index contributed by atoms with van der Waals surface area (Å²) in [4.78, 5) is 27.3. The van der Waals surface area contributed by atoms with Gasteiger partial charge in [-0.25, -0.2) is 5.10 Å². The van der Waals surface area contributed by atoms with Crippen LogP contribution in [0.2, 0.25) is 4.34 Å². The number of anilines is 1. The summed E-state index contributed by atoms with van der Waals surface area (Å²) in [5.74, 6) is 0.425. The molecule has 0 aliphatic carbocycles. The minimum atomic E-state index is -0.394. The number of carbonyl (C=O) groups excluding carboxylic acids is 1. The Morgan fingerprint density at radius 1 is 1.40 bits per heavy atom. The molecule has 0 aromatic carbocycles. The van der Waals surface area contributed by atoms with Crippen molar-refractivity contribution in [3.63, 3.8) is 0 Å². The highest BCUT2D eigenvalue weighted by atomic mass is 35.5. The first-order valence-corrected chi connectivity index (χ1v) is 8.75. The number of H-pyrrole nitrogens is 1. The number of carbonyl (C=O) groups is 1. The van der Waals surface area contributed by atoms with Crippen LogP contribution in [0.5, 0.6) is 0 Å². The number of hydrogen-bond donors (Lipinski definition) is 2. The minimum Gasteiger partial charge on any atom is -0.444 e. The molecule has 25 heavy (non-hydrogen) atoms. The average Bonchev–Trinajstić information content (AvgIpc) is 3.07. The van der Waals surface area contributed by atoms with Gasteiger partial charge in [0.1, 0.15) is 11.1 Å². The second-order valence-corrected chi connectivity index (χ2v) is 7.60. The van der Waals surface area contributed by atoms with E-state index in [2.05, 4.69) is 15.5 Å². The summed E-state index contributed by atoms with van der Waals surface area (Å²) in [6, 6.07) is 3.76. The second-order valence-electron chi connectivity index (χ2n) is 5.80. The Balaban J connectivity index is 1.74. The van der Waals surface area contributed by atoms with E-state index in [0.29, 0.717) is 33.1 Å². The predicted molar refractivity (Wildman–Crippen MR) is 98.4 cm³/mol. The van der Waals surface area contributed by atoms with E-state index in [1.54, 1.807) is 13.8 Å². The van der Waals surface area contributed by atoms with Gasteiger partial charge in [-0.1, -0.05) is 11.6 Å². The molecule has 3 aromatic heterocycles. The number of halogens is 1. The van der Waals surface area contributed by atoms with Crippen LogP contribution in [-0.4, -0.2) is 34.6 Å². The third-order valence-electron chi connectivity index (χ3n) is 3.72. The van der Waals surface area contributed by atoms with Gasteiger partial charge in [0.25, 0.3) is 5.56 Å². The highest BCUT2D eigenvalue weighted by Gasteiger charge is 2.19. The molecule has 3 rings (SSSR count). The van der Waals surface area contributed by atoms with Crippen molar-refractivity contribution in [1.29, 1.82) is 0 Å². The van der Waals surface area contributed by atoms with E-state index in [1.165, 1.54) is 11.3 Å². The van der Waals surface area contributed by atoms with Gasteiger partial charge in [0.05, 0.1) is 22.0 Å². The summed E-state index contributed by atoms with van der Waals surface area (Å²) < 4.78 is 6.29. The van der Waals surface area contributed by atoms with Crippen molar-refractivity contribution in [3.05, 3.63) is 43.2 Å². The number of aromatic amines is 1. The third kappa shape index (κ3) is 3.76. The van der Waals surface area contributed by atoms with Crippen molar-refractivity contribution in [1.82, 2.24) is 15.1 Å². The lowest BCUT2D eigenvalue weighted by molar-refractivity contribution is -0.117. The Labute approximate surface area is 152 Å². The van der Waals surface area contributed by atoms with Crippen LogP contribution < -0.4 is 10.9 Å². The van der Waals surface area contributed by atoms with Gasteiger partial charge in [-0.15, -0.1) is 11.3 Å². The molecule has 7 nitrogen and oxygen atoms in total. The van der Waals surface area contributed by atoms with Crippen LogP contribution in [0.4, 0.5) is 5.88 Å². The molecule has 2 N–H and O–H groups in total. The molecule has 1 amide bonds. The monoisotopic (exact) mass is 380 g/mol. The number of amides is 1. The highest BCUT2D eigenvalue weighted by Crippen LogP contribution is 2.28. The van der Waals surface area contributed by atoms with Crippen LogP contribution in [0.15, 0.2) is 21.3 Å². The van der Waals surface area contributed by atoms with E-state index in [9.17, 15) is 9.59 Å². The fourth-order valence-electron chi connectivity index (χ4n) is 2.70. The first kappa shape index (κ1) is 17.7. The topological polar surface area (TPSA) is 91.2 Å². The Kier molecular flexibility index (Phi) is 4.94. The number of nitrogens with one attached hydrogen (secondary N) is 2. The van der Waals surface area contributed by atoms with Crippen molar-refractivity contribution in [3.8, 4) is 0 Å². The van der Waals surface area contributed by atoms with Crippen LogP contribution in [0.3, 0.4) is 0 Å². The minimum absolute atomic E-state index is 0.150. The van der Waals surface area contributed by atoms with E-state index in [4.69, 9.17) is 16.0 Å². The summed E-state index contributed by atoms with van der Waals surface area (Å²) in [6.07, 6.45) is 0. The molecule has 0 aliphatic heterocycles. The molecule has 3 aromatic rings. The number of hydrogen-bond acceptors (Lipinski definition) is 6. The van der Waals surface area contributed by atoms with Gasteiger partial charge in [-0.05, 0) is 33.0 Å². The lowest BCUT2D eigenvalue weighted by Crippen LogP contribution is -2.29. The van der Waals surface area contributed by atoms with E-state index in [1.807, 2.05) is 24.1 Å². The van der Waals surface area contributed by atoms with Crippen molar-refractivity contribution in [2.45, 2.75) is 20.4 Å². The number of thiophene rings is 1. The van der Waals surface area contributed by atoms with Gasteiger partial charge >= 0.3 is 0 Å². The van der Waals surface area contributed by atoms with Gasteiger partial charge in [0.2, 0.25) is 11.8 Å². The predicted octanol–water partition coefficient (Wildman–Crippen LogP) is 2.92. The van der Waals surface area contributed by atoms with Crippen molar-refractivity contribution >= 4 is 45.5 Å². The van der Waals surface area contributed by atoms with Gasteiger partial charge in [-0.2, -0.15) is 5.10 Å². The highest BCUT2D eigenvalue weighted by molar-refractivity contribution is 7.16. The number of rotatable bonds is 5. The van der Waals surface area contributed by atoms with Crippen molar-refractivity contribution in [2.75, 3.05) is 18.9 Å². The van der Waals surface area contributed by atoms with Crippen LogP contribution >= 0.6 is 22.9 Å². The molecular formula is C16H17ClN4O3S. The van der Waals surface area contributed by atoms with Crippen LogP contribution in [-0.2, 0) is 11.3 Å². The van der Waals surface area contributed by atoms with Crippen LogP contribution in [0.1, 0.15) is 16.3 Å². The second kappa shape index (κ2) is 6.99. The summed E-state index contributed by atoms with van der Waals surface area (Å²) in [5, 5.41) is 9.95. The molecule has 0 unspecified atom stereocenters. The van der Waals surface area contributed by atoms with Crippen LogP contribution in [0, 0.1) is 13.8 Å². The summed E-state index contributed by atoms with van der Waals surface area (Å²) in [7, 11) is 1.83. The average molecular weight is 381 g/mol. The largest absolute Gasteiger partial charge is 0.444 e. The molecule has 0 saturated heterocycles. The molecule has 0 saturated carbocycles. The first-order chi connectivity index (χ1) is 11.8. The molecule has 0 fully saturated rings. The molecule has 9 heteroatoms. The number of aromatic nitrogens is 2. The van der Waals surface area contributed by atoms with E-state index in [0.717, 1.165) is 4.88 Å². The lowest BCUT2D eigenvalue weighted by Gasteiger charge is -2.14. The zero-order chi connectivity index (χ0) is 18.1. The smallest absolute Gasteiger partial charge is 0.277 e. The molecule has 0 atom stereocenters. The number of furan rings is 1. The lowest BCUT2D eigenvalue weighted by atomic mass is 10.2. The normalized spacial score (nSPS) is 11.4. The Morgan fingerprint density at radius 2 is 2.16 bits per heavy atom. The molecule has 3 heterocycles. The van der Waals surface area contributed by atoms with Crippen molar-refractivity contribution in [2.24, 2.45) is 0 Å². The maximum atomic E-state index is 12.3. The zero-order valence-electron chi connectivity index (χ0n) is 14.0. The summed E-state index contributed by atoms with van der Waals surface area (Å²) >= 11 is 7.39. The fourth-order valence-corrected chi connectivity index (χ4v) is 3.87. The molecule has 0 bridgehead atoms. The first-order valence-electron chi connectivity index (χ1n) is 7.56. The van der Waals surface area contributed by atoms with Gasteiger partial charge in [0.15, 0.2) is 0 Å². The maximum Gasteiger partial charge on any atom is 0.277 e. The summed E-state index contributed by atoms with van der Waals surface area (Å²) in [5.41, 5.74) is 0.248.